The van der Waals surface area contributed by atoms with Gasteiger partial charge < -0.3 is 0 Å². The van der Waals surface area contributed by atoms with Crippen LogP contribution in [-0.4, -0.2) is 0 Å². The Balaban J connectivity index is 1.61. The zero-order valence-corrected chi connectivity index (χ0v) is 9.54. The fraction of sp³-hybridized carbons (Fsp3) is 0.857. The molecule has 0 heteroatoms. The molecule has 0 aromatic carbocycles. The Morgan fingerprint density at radius 2 is 1.43 bits per heavy atom. The second kappa shape index (κ2) is 5.00. The molecule has 0 amide bonds. The van der Waals surface area contributed by atoms with Crippen molar-refractivity contribution >= 4 is 0 Å². The molecule has 0 aromatic heterocycles. The van der Waals surface area contributed by atoms with Crippen LogP contribution in [0.3, 0.4) is 0 Å². The molecule has 0 aliphatic heterocycles. The zero-order valence-electron chi connectivity index (χ0n) is 9.54. The average molecular weight is 192 g/mol. The van der Waals surface area contributed by atoms with Crippen molar-refractivity contribution in [2.45, 2.75) is 58.3 Å². The zero-order chi connectivity index (χ0) is 9.80. The fourth-order valence-electron chi connectivity index (χ4n) is 3.00. The van der Waals surface area contributed by atoms with E-state index in [0.29, 0.717) is 0 Å². The van der Waals surface area contributed by atoms with Crippen molar-refractivity contribution in [1.29, 1.82) is 0 Å². The van der Waals surface area contributed by atoms with Crippen LogP contribution in [0.2, 0.25) is 0 Å². The molecule has 14 heavy (non-hydrogen) atoms. The lowest BCUT2D eigenvalue weighted by molar-refractivity contribution is 0.262. The van der Waals surface area contributed by atoms with Crippen LogP contribution in [0, 0.1) is 17.8 Å². The van der Waals surface area contributed by atoms with Gasteiger partial charge >= 0.3 is 0 Å². The van der Waals surface area contributed by atoms with E-state index in [9.17, 15) is 0 Å². The van der Waals surface area contributed by atoms with E-state index in [0.717, 1.165) is 17.8 Å². The van der Waals surface area contributed by atoms with Gasteiger partial charge in [-0.2, -0.15) is 0 Å². The van der Waals surface area contributed by atoms with E-state index < -0.39 is 0 Å². The summed E-state index contributed by atoms with van der Waals surface area (Å²) in [5, 5.41) is 0. The predicted molar refractivity (Wildman–Crippen MR) is 62.2 cm³/mol. The Kier molecular flexibility index (Phi) is 3.67. The topological polar surface area (TPSA) is 0 Å². The predicted octanol–water partition coefficient (Wildman–Crippen LogP) is 4.56. The minimum Gasteiger partial charge on any atom is -0.0882 e. The molecular formula is C14H24. The smallest absolute Gasteiger partial charge is 0.0319 e. The van der Waals surface area contributed by atoms with Crippen LogP contribution >= 0.6 is 0 Å². The van der Waals surface area contributed by atoms with Crippen LogP contribution in [-0.2, 0) is 0 Å². The van der Waals surface area contributed by atoms with Gasteiger partial charge in [0.05, 0.1) is 0 Å². The Morgan fingerprint density at radius 3 is 2.07 bits per heavy atom. The summed E-state index contributed by atoms with van der Waals surface area (Å²) in [4.78, 5) is 0. The van der Waals surface area contributed by atoms with E-state index in [4.69, 9.17) is 0 Å². The minimum absolute atomic E-state index is 1.01. The molecule has 2 aliphatic carbocycles. The Hall–Kier alpha value is -0.260. The maximum atomic E-state index is 2.41. The van der Waals surface area contributed by atoms with Crippen LogP contribution in [0.5, 0.6) is 0 Å². The van der Waals surface area contributed by atoms with Crippen molar-refractivity contribution in [2.24, 2.45) is 17.8 Å². The highest BCUT2D eigenvalue weighted by atomic mass is 14.2. The van der Waals surface area contributed by atoms with Gasteiger partial charge in [-0.05, 0) is 37.0 Å². The highest BCUT2D eigenvalue weighted by Gasteiger charge is 2.19. The third-order valence-corrected chi connectivity index (χ3v) is 4.22. The molecule has 2 rings (SSSR count). The van der Waals surface area contributed by atoms with Crippen molar-refractivity contribution < 1.29 is 0 Å². The maximum Gasteiger partial charge on any atom is -0.0319 e. The van der Waals surface area contributed by atoms with Crippen molar-refractivity contribution in [1.82, 2.24) is 0 Å². The van der Waals surface area contributed by atoms with Gasteiger partial charge in [0.25, 0.3) is 0 Å². The average Bonchev–Trinajstić information content (AvgIpc) is 2.70. The first kappa shape index (κ1) is 10.3. The van der Waals surface area contributed by atoms with Crippen LogP contribution in [0.1, 0.15) is 58.3 Å². The molecular weight excluding hydrogens is 168 g/mol. The van der Waals surface area contributed by atoms with Crippen LogP contribution in [0.15, 0.2) is 12.2 Å². The van der Waals surface area contributed by atoms with Gasteiger partial charge in [-0.15, -0.1) is 0 Å². The quantitative estimate of drug-likeness (QED) is 0.575. The van der Waals surface area contributed by atoms with Crippen molar-refractivity contribution in [3.8, 4) is 0 Å². The summed E-state index contributed by atoms with van der Waals surface area (Å²) in [6.07, 6.45) is 16.5. The molecule has 0 atom stereocenters. The summed E-state index contributed by atoms with van der Waals surface area (Å²) >= 11 is 0. The molecule has 80 valence electrons. The Morgan fingerprint density at radius 1 is 0.857 bits per heavy atom. The number of rotatable bonds is 3. The van der Waals surface area contributed by atoms with Gasteiger partial charge in [0.2, 0.25) is 0 Å². The third kappa shape index (κ3) is 2.87. The van der Waals surface area contributed by atoms with Crippen molar-refractivity contribution in [3.05, 3.63) is 12.2 Å². The molecule has 0 unspecified atom stereocenters. The number of hydrogen-bond donors (Lipinski definition) is 0. The normalized spacial score (nSPS) is 33.8. The van der Waals surface area contributed by atoms with Crippen molar-refractivity contribution in [3.63, 3.8) is 0 Å². The van der Waals surface area contributed by atoms with Crippen LogP contribution in [0.4, 0.5) is 0 Å². The lowest BCUT2D eigenvalue weighted by Gasteiger charge is -2.26. The minimum atomic E-state index is 1.01. The second-order valence-electron chi connectivity index (χ2n) is 5.51. The van der Waals surface area contributed by atoms with Gasteiger partial charge in [-0.1, -0.05) is 51.2 Å². The van der Waals surface area contributed by atoms with Crippen LogP contribution in [0.25, 0.3) is 0 Å². The Bertz CT molecular complexity index is 176. The first-order valence-electron chi connectivity index (χ1n) is 6.49. The van der Waals surface area contributed by atoms with E-state index in [1.54, 1.807) is 0 Å². The lowest BCUT2D eigenvalue weighted by Crippen LogP contribution is -2.13. The first-order valence-corrected chi connectivity index (χ1v) is 6.49. The molecule has 0 N–H and O–H groups in total. The fourth-order valence-corrected chi connectivity index (χ4v) is 3.00. The largest absolute Gasteiger partial charge is 0.0882 e. The number of allylic oxidation sites excluding steroid dienone is 2. The molecule has 1 fully saturated rings. The molecule has 0 heterocycles. The molecule has 0 radical (unpaired) electrons. The summed E-state index contributed by atoms with van der Waals surface area (Å²) in [6.45, 7) is 2.41. The lowest BCUT2D eigenvalue weighted by atomic mass is 9.79. The first-order chi connectivity index (χ1) is 6.84. The molecule has 0 bridgehead atoms. The van der Waals surface area contributed by atoms with E-state index in [1.807, 2.05) is 0 Å². The van der Waals surface area contributed by atoms with Crippen molar-refractivity contribution in [2.75, 3.05) is 0 Å². The third-order valence-electron chi connectivity index (χ3n) is 4.22. The van der Waals surface area contributed by atoms with E-state index in [1.165, 1.54) is 51.4 Å². The van der Waals surface area contributed by atoms with Gasteiger partial charge in [-0.3, -0.25) is 0 Å². The monoisotopic (exact) mass is 192 g/mol. The Labute approximate surface area is 88.8 Å². The summed E-state index contributed by atoms with van der Waals surface area (Å²) in [5.74, 6) is 3.10. The van der Waals surface area contributed by atoms with Crippen LogP contribution < -0.4 is 0 Å². The summed E-state index contributed by atoms with van der Waals surface area (Å²) in [6, 6.07) is 0. The summed E-state index contributed by atoms with van der Waals surface area (Å²) < 4.78 is 0. The molecule has 0 aromatic rings. The highest BCUT2D eigenvalue weighted by Crippen LogP contribution is 2.33. The van der Waals surface area contributed by atoms with E-state index in [-0.39, 0.29) is 0 Å². The molecule has 2 aliphatic rings. The summed E-state index contributed by atoms with van der Waals surface area (Å²) in [7, 11) is 0. The molecule has 0 saturated heterocycles. The van der Waals surface area contributed by atoms with Gasteiger partial charge in [-0.25, -0.2) is 0 Å². The van der Waals surface area contributed by atoms with Gasteiger partial charge in [0.15, 0.2) is 0 Å². The standard InChI is InChI=1S/C14H24/c1-12-6-8-14(9-7-12)11-10-13-4-2-3-5-13/h2-3,12-14H,4-11H2,1H3. The summed E-state index contributed by atoms with van der Waals surface area (Å²) in [5.41, 5.74) is 0. The molecule has 1 saturated carbocycles. The van der Waals surface area contributed by atoms with Gasteiger partial charge in [0, 0.05) is 0 Å². The van der Waals surface area contributed by atoms with E-state index in [2.05, 4.69) is 19.1 Å². The second-order valence-corrected chi connectivity index (χ2v) is 5.51. The highest BCUT2D eigenvalue weighted by molar-refractivity contribution is 4.94. The molecule has 0 spiro atoms. The van der Waals surface area contributed by atoms with E-state index >= 15 is 0 Å². The number of hydrogen-bond acceptors (Lipinski definition) is 0. The SMILES string of the molecule is CC1CCC(CCC2CC=CC2)CC1. The molecule has 0 nitrogen and oxygen atoms in total. The maximum absolute atomic E-state index is 2.41. The van der Waals surface area contributed by atoms with Gasteiger partial charge in [0.1, 0.15) is 0 Å².